The van der Waals surface area contributed by atoms with Crippen molar-refractivity contribution < 1.29 is 14.3 Å². The van der Waals surface area contributed by atoms with Gasteiger partial charge < -0.3 is 15.4 Å². The Morgan fingerprint density at radius 1 is 1.62 bits per heavy atom. The number of aromatic nitrogens is 2. The lowest BCUT2D eigenvalue weighted by Crippen LogP contribution is -2.22. The summed E-state index contributed by atoms with van der Waals surface area (Å²) in [5.74, 6) is -1.60. The van der Waals surface area contributed by atoms with E-state index in [-0.39, 0.29) is 0 Å². The number of fused-ring (bicyclic) bond motifs is 1. The highest BCUT2D eigenvalue weighted by molar-refractivity contribution is 5.82. The van der Waals surface area contributed by atoms with Gasteiger partial charge in [0.25, 0.3) is 0 Å². The Balaban J connectivity index is 2.64. The summed E-state index contributed by atoms with van der Waals surface area (Å²) in [4.78, 5) is 14.6. The molecular formula is C10H10FN3O2. The molecule has 2 rings (SSSR count). The summed E-state index contributed by atoms with van der Waals surface area (Å²) in [5.41, 5.74) is 6.40. The van der Waals surface area contributed by atoms with E-state index in [1.165, 1.54) is 12.1 Å². The molecule has 2 heterocycles. The number of hydrogen-bond acceptors (Lipinski definition) is 3. The molecule has 3 N–H and O–H groups in total. The maximum absolute atomic E-state index is 12.9. The van der Waals surface area contributed by atoms with E-state index < -0.39 is 17.8 Å². The molecule has 0 aliphatic heterocycles. The fourth-order valence-electron chi connectivity index (χ4n) is 1.64. The molecule has 6 heteroatoms. The fourth-order valence-corrected chi connectivity index (χ4v) is 1.64. The van der Waals surface area contributed by atoms with Gasteiger partial charge in [0.15, 0.2) is 0 Å². The lowest BCUT2D eigenvalue weighted by atomic mass is 10.2. The molecule has 1 unspecified atom stereocenters. The predicted molar refractivity (Wildman–Crippen MR) is 55.2 cm³/mol. The van der Waals surface area contributed by atoms with Crippen LogP contribution in [0.2, 0.25) is 0 Å². The summed E-state index contributed by atoms with van der Waals surface area (Å²) in [7, 11) is 1.64. The van der Waals surface area contributed by atoms with Crippen molar-refractivity contribution in [1.29, 1.82) is 0 Å². The molecule has 1 atom stereocenters. The van der Waals surface area contributed by atoms with Crippen LogP contribution in [0.15, 0.2) is 18.3 Å². The number of rotatable bonds is 2. The molecule has 0 spiro atoms. The Bertz CT molecular complexity index is 564. The van der Waals surface area contributed by atoms with Crippen molar-refractivity contribution in [3.63, 3.8) is 0 Å². The van der Waals surface area contributed by atoms with Gasteiger partial charge in [-0.15, -0.1) is 0 Å². The second-order valence-corrected chi connectivity index (χ2v) is 3.51. The molecule has 5 nitrogen and oxygen atoms in total. The lowest BCUT2D eigenvalue weighted by molar-refractivity contribution is -0.138. The number of carboxylic acid groups (broad SMARTS) is 1. The summed E-state index contributed by atoms with van der Waals surface area (Å²) < 4.78 is 14.5. The molecule has 0 fully saturated rings. The van der Waals surface area contributed by atoms with Crippen LogP contribution in [0.25, 0.3) is 11.0 Å². The van der Waals surface area contributed by atoms with Gasteiger partial charge in [-0.25, -0.2) is 9.37 Å². The van der Waals surface area contributed by atoms with Gasteiger partial charge in [-0.3, -0.25) is 4.79 Å². The Morgan fingerprint density at radius 3 is 2.94 bits per heavy atom. The van der Waals surface area contributed by atoms with Crippen LogP contribution in [0.1, 0.15) is 11.7 Å². The first-order valence-electron chi connectivity index (χ1n) is 4.60. The molecule has 0 aromatic carbocycles. The van der Waals surface area contributed by atoms with Crippen molar-refractivity contribution in [3.05, 3.63) is 29.8 Å². The van der Waals surface area contributed by atoms with Crippen LogP contribution in [0.4, 0.5) is 4.39 Å². The van der Waals surface area contributed by atoms with Crippen LogP contribution in [0, 0.1) is 5.82 Å². The lowest BCUT2D eigenvalue weighted by Gasteiger charge is -2.07. The molecule has 0 saturated heterocycles. The molecule has 0 aliphatic rings. The Kier molecular flexibility index (Phi) is 2.35. The van der Waals surface area contributed by atoms with Gasteiger partial charge in [0.05, 0.1) is 6.20 Å². The minimum atomic E-state index is -1.14. The van der Waals surface area contributed by atoms with Crippen molar-refractivity contribution in [1.82, 2.24) is 9.55 Å². The Labute approximate surface area is 90.3 Å². The highest BCUT2D eigenvalue weighted by Crippen LogP contribution is 2.21. The zero-order valence-corrected chi connectivity index (χ0v) is 8.51. The number of hydrogen-bond donors (Lipinski definition) is 2. The average Bonchev–Trinajstić information content (AvgIpc) is 2.54. The minimum absolute atomic E-state index is 0.389. The van der Waals surface area contributed by atoms with Gasteiger partial charge in [0.2, 0.25) is 0 Å². The highest BCUT2D eigenvalue weighted by Gasteiger charge is 2.19. The standard InChI is InChI=1S/C10H10FN3O2/c1-14-7(8(12)10(15)16)3-5-2-6(11)4-13-9(5)14/h2-4,8H,12H2,1H3,(H,15,16). The SMILES string of the molecule is Cn1c(C(N)C(=O)O)cc2cc(F)cnc21. The fraction of sp³-hybridized carbons (Fsp3) is 0.200. The quantitative estimate of drug-likeness (QED) is 0.788. The van der Waals surface area contributed by atoms with Gasteiger partial charge in [-0.05, 0) is 12.1 Å². The van der Waals surface area contributed by atoms with E-state index in [9.17, 15) is 9.18 Å². The van der Waals surface area contributed by atoms with Crippen molar-refractivity contribution >= 4 is 17.0 Å². The maximum Gasteiger partial charge on any atom is 0.326 e. The summed E-state index contributed by atoms with van der Waals surface area (Å²) in [6, 6.07) is 1.69. The van der Waals surface area contributed by atoms with Gasteiger partial charge in [0.1, 0.15) is 17.5 Å². The first kappa shape index (κ1) is 10.6. The van der Waals surface area contributed by atoms with E-state index in [0.717, 1.165) is 6.20 Å². The monoisotopic (exact) mass is 223 g/mol. The molecule has 0 radical (unpaired) electrons. The van der Waals surface area contributed by atoms with E-state index in [0.29, 0.717) is 16.7 Å². The van der Waals surface area contributed by atoms with Crippen molar-refractivity contribution in [2.75, 3.05) is 0 Å². The van der Waals surface area contributed by atoms with Crippen molar-refractivity contribution in [2.45, 2.75) is 6.04 Å². The normalized spacial score (nSPS) is 12.9. The van der Waals surface area contributed by atoms with E-state index in [1.54, 1.807) is 11.6 Å². The van der Waals surface area contributed by atoms with Gasteiger partial charge in [-0.2, -0.15) is 0 Å². The topological polar surface area (TPSA) is 81.1 Å². The first-order chi connectivity index (χ1) is 7.50. The number of carbonyl (C=O) groups is 1. The number of nitrogens with two attached hydrogens (primary N) is 1. The summed E-state index contributed by atoms with van der Waals surface area (Å²) in [6.45, 7) is 0. The third-order valence-electron chi connectivity index (χ3n) is 2.45. The second kappa shape index (κ2) is 3.57. The van der Waals surface area contributed by atoms with E-state index in [1.807, 2.05) is 0 Å². The largest absolute Gasteiger partial charge is 0.480 e. The van der Waals surface area contributed by atoms with Crippen LogP contribution < -0.4 is 5.73 Å². The molecular weight excluding hydrogens is 213 g/mol. The average molecular weight is 223 g/mol. The minimum Gasteiger partial charge on any atom is -0.480 e. The number of halogens is 1. The third kappa shape index (κ3) is 1.53. The van der Waals surface area contributed by atoms with Crippen LogP contribution in [0.5, 0.6) is 0 Å². The predicted octanol–water partition coefficient (Wildman–Crippen LogP) is 0.797. The number of nitrogens with zero attached hydrogens (tertiary/aromatic N) is 2. The molecule has 16 heavy (non-hydrogen) atoms. The van der Waals surface area contributed by atoms with Gasteiger partial charge >= 0.3 is 5.97 Å². The van der Waals surface area contributed by atoms with Crippen LogP contribution in [0.3, 0.4) is 0 Å². The smallest absolute Gasteiger partial charge is 0.326 e. The highest BCUT2D eigenvalue weighted by atomic mass is 19.1. The summed E-state index contributed by atoms with van der Waals surface area (Å²) >= 11 is 0. The number of aryl methyl sites for hydroxylation is 1. The Hall–Kier alpha value is -1.95. The Morgan fingerprint density at radius 2 is 2.31 bits per heavy atom. The summed E-state index contributed by atoms with van der Waals surface area (Å²) in [6.07, 6.45) is 1.08. The zero-order valence-electron chi connectivity index (χ0n) is 8.51. The first-order valence-corrected chi connectivity index (χ1v) is 4.60. The molecule has 2 aromatic rings. The number of carboxylic acids is 1. The van der Waals surface area contributed by atoms with Gasteiger partial charge in [0, 0.05) is 18.1 Å². The van der Waals surface area contributed by atoms with E-state index >= 15 is 0 Å². The van der Waals surface area contributed by atoms with E-state index in [4.69, 9.17) is 10.8 Å². The number of pyridine rings is 1. The summed E-state index contributed by atoms with van der Waals surface area (Å²) in [5, 5.41) is 9.34. The molecule has 84 valence electrons. The van der Waals surface area contributed by atoms with E-state index in [2.05, 4.69) is 4.98 Å². The number of aliphatic carboxylic acids is 1. The van der Waals surface area contributed by atoms with Crippen LogP contribution in [-0.2, 0) is 11.8 Å². The van der Waals surface area contributed by atoms with Crippen molar-refractivity contribution in [2.24, 2.45) is 12.8 Å². The van der Waals surface area contributed by atoms with Gasteiger partial charge in [-0.1, -0.05) is 0 Å². The molecule has 0 aliphatic carbocycles. The second-order valence-electron chi connectivity index (χ2n) is 3.51. The third-order valence-corrected chi connectivity index (χ3v) is 2.45. The molecule has 2 aromatic heterocycles. The molecule has 0 amide bonds. The van der Waals surface area contributed by atoms with Crippen molar-refractivity contribution in [3.8, 4) is 0 Å². The molecule has 0 bridgehead atoms. The van der Waals surface area contributed by atoms with Crippen LogP contribution >= 0.6 is 0 Å². The van der Waals surface area contributed by atoms with Crippen LogP contribution in [-0.4, -0.2) is 20.6 Å². The maximum atomic E-state index is 12.9. The zero-order chi connectivity index (χ0) is 11.9. The molecule has 0 saturated carbocycles.